The van der Waals surface area contributed by atoms with Crippen LogP contribution in [0.5, 0.6) is 0 Å². The van der Waals surface area contributed by atoms with E-state index in [1.807, 2.05) is 27.2 Å². The number of carbonyl (C=O) groups is 1. The van der Waals surface area contributed by atoms with E-state index in [0.29, 0.717) is 17.4 Å². The predicted octanol–water partition coefficient (Wildman–Crippen LogP) is 16.9. The number of likely N-dealkylation sites (N-methyl/N-ethyl adjacent to an activating group) is 1. The lowest BCUT2D eigenvalue weighted by molar-refractivity contribution is -0.870. The summed E-state index contributed by atoms with van der Waals surface area (Å²) >= 11 is 0. The number of phosphoric acid groups is 1. The highest BCUT2D eigenvalue weighted by atomic mass is 31.2. The van der Waals surface area contributed by atoms with Gasteiger partial charge in [0.05, 0.1) is 39.9 Å². The zero-order chi connectivity index (χ0) is 50.6. The van der Waals surface area contributed by atoms with Gasteiger partial charge in [-0.05, 0) is 70.6 Å². The summed E-state index contributed by atoms with van der Waals surface area (Å²) < 4.78 is 23.3. The fourth-order valence-corrected chi connectivity index (χ4v) is 8.88. The molecule has 402 valence electrons. The van der Waals surface area contributed by atoms with E-state index in [2.05, 4.69) is 79.9 Å². The first kappa shape index (κ1) is 66.9. The summed E-state index contributed by atoms with van der Waals surface area (Å²) in [4.78, 5) is 25.4. The van der Waals surface area contributed by atoms with Crippen molar-refractivity contribution in [2.75, 3.05) is 40.9 Å². The molecule has 0 fully saturated rings. The van der Waals surface area contributed by atoms with Crippen molar-refractivity contribution >= 4 is 13.7 Å². The second-order valence-electron chi connectivity index (χ2n) is 20.6. The Morgan fingerprint density at radius 3 is 1.35 bits per heavy atom. The lowest BCUT2D eigenvalue weighted by atomic mass is 10.0. The number of hydrogen-bond donors (Lipinski definition) is 2. The first-order valence-electron chi connectivity index (χ1n) is 28.8. The molecule has 2 N–H and O–H groups in total. The minimum atomic E-state index is -4.62. The molecule has 0 rings (SSSR count). The number of nitrogens with one attached hydrogen (secondary N) is 1. The first-order valence-corrected chi connectivity index (χ1v) is 30.3. The fraction of sp³-hybridized carbons (Fsp3) is 0.783. The number of rotatable bonds is 52. The Morgan fingerprint density at radius 2 is 0.899 bits per heavy atom. The van der Waals surface area contributed by atoms with Crippen LogP contribution in [0.25, 0.3) is 0 Å². The molecule has 0 heterocycles. The van der Waals surface area contributed by atoms with E-state index in [-0.39, 0.29) is 18.9 Å². The van der Waals surface area contributed by atoms with Gasteiger partial charge in [0.2, 0.25) is 5.91 Å². The monoisotopic (exact) mass is 987 g/mol. The molecule has 3 unspecified atom stereocenters. The highest BCUT2D eigenvalue weighted by molar-refractivity contribution is 7.45. The largest absolute Gasteiger partial charge is 0.756 e. The molecule has 0 aromatic carbocycles. The highest BCUT2D eigenvalue weighted by Crippen LogP contribution is 2.38. The molecular weight excluding hydrogens is 876 g/mol. The van der Waals surface area contributed by atoms with Crippen LogP contribution in [0, 0.1) is 0 Å². The van der Waals surface area contributed by atoms with Gasteiger partial charge in [0.15, 0.2) is 0 Å². The molecule has 3 atom stereocenters. The van der Waals surface area contributed by atoms with Crippen molar-refractivity contribution < 1.29 is 32.9 Å². The standard InChI is InChI=1S/C60H111N2O6P/c1-6-8-10-12-14-16-18-20-22-23-24-25-26-27-28-29-30-31-32-33-34-35-36-37-38-40-41-43-45-47-49-51-53-59(63)58(57-68-69(65,66)67-56-55-62(3,4)5)61-60(64)54-52-50-48-46-44-42-39-21-19-17-15-13-11-9-7-2/h9,11,15,17,21,39,43-46,51,53,58-59,63H,6-8,10,12-14,16,18-20,22-38,40-42,47-50,52,54-57H2,1-5H3,(H-,61,64,65,66)/b11-9-,17-15-,39-21-,45-43+,46-44-,53-51+. The minimum Gasteiger partial charge on any atom is -0.756 e. The average Bonchev–Trinajstić information content (AvgIpc) is 3.31. The number of phosphoric ester groups is 1. The van der Waals surface area contributed by atoms with Gasteiger partial charge in [-0.3, -0.25) is 9.36 Å². The van der Waals surface area contributed by atoms with Crippen molar-refractivity contribution in [2.24, 2.45) is 0 Å². The third kappa shape index (κ3) is 53.6. The Kier molecular flexibility index (Phi) is 49.3. The van der Waals surface area contributed by atoms with Crippen LogP contribution >= 0.6 is 7.82 Å². The van der Waals surface area contributed by atoms with Gasteiger partial charge in [0, 0.05) is 6.42 Å². The van der Waals surface area contributed by atoms with Gasteiger partial charge in [-0.2, -0.15) is 0 Å². The smallest absolute Gasteiger partial charge is 0.268 e. The summed E-state index contributed by atoms with van der Waals surface area (Å²) in [5.41, 5.74) is 0. The van der Waals surface area contributed by atoms with Gasteiger partial charge in [-0.25, -0.2) is 0 Å². The van der Waals surface area contributed by atoms with E-state index in [0.717, 1.165) is 57.8 Å². The number of carbonyl (C=O) groups excluding carboxylic acids is 1. The molecule has 0 aromatic heterocycles. The number of quaternary nitrogens is 1. The second-order valence-corrected chi connectivity index (χ2v) is 22.0. The Labute approximate surface area is 427 Å². The summed E-state index contributed by atoms with van der Waals surface area (Å²) in [6.07, 6.45) is 70.2. The molecule has 0 spiro atoms. The van der Waals surface area contributed by atoms with Crippen LogP contribution in [-0.4, -0.2) is 68.5 Å². The van der Waals surface area contributed by atoms with E-state index < -0.39 is 26.6 Å². The van der Waals surface area contributed by atoms with Crippen LogP contribution < -0.4 is 10.2 Å². The molecule has 1 amide bonds. The lowest BCUT2D eigenvalue weighted by Crippen LogP contribution is -2.45. The number of unbranched alkanes of at least 4 members (excludes halogenated alkanes) is 29. The molecule has 0 aliphatic heterocycles. The lowest BCUT2D eigenvalue weighted by Gasteiger charge is -2.29. The summed E-state index contributed by atoms with van der Waals surface area (Å²) in [7, 11) is 1.21. The van der Waals surface area contributed by atoms with Gasteiger partial charge >= 0.3 is 0 Å². The van der Waals surface area contributed by atoms with E-state index in [9.17, 15) is 19.4 Å². The molecule has 8 nitrogen and oxygen atoms in total. The molecule has 69 heavy (non-hydrogen) atoms. The maximum Gasteiger partial charge on any atom is 0.268 e. The maximum atomic E-state index is 12.9. The van der Waals surface area contributed by atoms with Crippen molar-refractivity contribution in [3.63, 3.8) is 0 Å². The Balaban J connectivity index is 4.17. The van der Waals surface area contributed by atoms with Crippen molar-refractivity contribution in [3.05, 3.63) is 72.9 Å². The van der Waals surface area contributed by atoms with Gasteiger partial charge in [0.25, 0.3) is 7.82 Å². The molecule has 0 saturated heterocycles. The number of amides is 1. The van der Waals surface area contributed by atoms with E-state index in [1.165, 1.54) is 167 Å². The number of nitrogens with zero attached hydrogens (tertiary/aromatic N) is 1. The maximum absolute atomic E-state index is 12.9. The summed E-state index contributed by atoms with van der Waals surface area (Å²) in [6, 6.07) is -0.929. The summed E-state index contributed by atoms with van der Waals surface area (Å²) in [5, 5.41) is 13.8. The second kappa shape index (κ2) is 50.9. The molecule has 0 aliphatic rings. The third-order valence-electron chi connectivity index (χ3n) is 12.7. The number of allylic oxidation sites excluding steroid dienone is 11. The molecule has 0 bridgehead atoms. The van der Waals surface area contributed by atoms with Gasteiger partial charge in [-0.1, -0.05) is 247 Å². The average molecular weight is 988 g/mol. The first-order chi connectivity index (χ1) is 33.5. The number of aliphatic hydroxyl groups is 1. The summed E-state index contributed by atoms with van der Waals surface area (Å²) in [5.74, 6) is -0.248. The highest BCUT2D eigenvalue weighted by Gasteiger charge is 2.23. The molecule has 9 heteroatoms. The molecular formula is C60H111N2O6P. The van der Waals surface area contributed by atoms with Gasteiger partial charge in [0.1, 0.15) is 13.2 Å². The van der Waals surface area contributed by atoms with Crippen molar-refractivity contribution in [3.8, 4) is 0 Å². The topological polar surface area (TPSA) is 108 Å². The fourth-order valence-electron chi connectivity index (χ4n) is 8.16. The van der Waals surface area contributed by atoms with Crippen LogP contribution in [0.1, 0.15) is 251 Å². The minimum absolute atomic E-state index is 0.0176. The third-order valence-corrected chi connectivity index (χ3v) is 13.6. The van der Waals surface area contributed by atoms with E-state index in [1.54, 1.807) is 6.08 Å². The van der Waals surface area contributed by atoms with E-state index in [4.69, 9.17) is 9.05 Å². The normalized spacial score (nSPS) is 14.5. The Hall–Kier alpha value is -2.06. The van der Waals surface area contributed by atoms with Crippen molar-refractivity contribution in [1.82, 2.24) is 5.32 Å². The summed E-state index contributed by atoms with van der Waals surface area (Å²) in [6.45, 7) is 4.49. The molecule has 0 aromatic rings. The SMILES string of the molecule is CC/C=C\C/C=C\C/C=C\C/C=C\CCCCC(=O)NC(COP(=O)([O-])OCC[N+](C)(C)C)C(O)/C=C/CC/C=C/CCCCCCCCCCCCCCCCCCCCCCCCCCCC. The van der Waals surface area contributed by atoms with Gasteiger partial charge in [-0.15, -0.1) is 0 Å². The van der Waals surface area contributed by atoms with Crippen LogP contribution in [-0.2, 0) is 18.4 Å². The van der Waals surface area contributed by atoms with Crippen molar-refractivity contribution in [1.29, 1.82) is 0 Å². The van der Waals surface area contributed by atoms with Gasteiger partial charge < -0.3 is 28.8 Å². The molecule has 0 aliphatic carbocycles. The van der Waals surface area contributed by atoms with Crippen LogP contribution in [0.2, 0.25) is 0 Å². The molecule has 0 radical (unpaired) electrons. The van der Waals surface area contributed by atoms with Crippen LogP contribution in [0.3, 0.4) is 0 Å². The Bertz CT molecular complexity index is 1350. The Morgan fingerprint density at radius 1 is 0.522 bits per heavy atom. The zero-order valence-electron chi connectivity index (χ0n) is 45.8. The number of hydrogen-bond acceptors (Lipinski definition) is 6. The molecule has 0 saturated carbocycles. The van der Waals surface area contributed by atoms with E-state index >= 15 is 0 Å². The number of aliphatic hydroxyl groups excluding tert-OH is 1. The predicted molar refractivity (Wildman–Crippen MR) is 297 cm³/mol. The van der Waals surface area contributed by atoms with Crippen LogP contribution in [0.15, 0.2) is 72.9 Å². The van der Waals surface area contributed by atoms with Crippen molar-refractivity contribution in [2.45, 2.75) is 264 Å². The zero-order valence-corrected chi connectivity index (χ0v) is 46.6. The quantitative estimate of drug-likeness (QED) is 0.0272. The van der Waals surface area contributed by atoms with Crippen LogP contribution in [0.4, 0.5) is 0 Å².